The predicted molar refractivity (Wildman–Crippen MR) is 92.6 cm³/mol. The molecule has 0 aromatic heterocycles. The van der Waals surface area contributed by atoms with Gasteiger partial charge in [-0.05, 0) is 18.6 Å². The van der Waals surface area contributed by atoms with Crippen molar-refractivity contribution in [3.8, 4) is 0 Å². The van der Waals surface area contributed by atoms with Gasteiger partial charge in [0.25, 0.3) is 0 Å². The lowest BCUT2D eigenvalue weighted by molar-refractivity contribution is -0.888. The first-order valence-corrected chi connectivity index (χ1v) is 9.10. The second-order valence-electron chi connectivity index (χ2n) is 7.24. The minimum atomic E-state index is -0.573. The minimum Gasteiger partial charge on any atom is -0.489 e. The summed E-state index contributed by atoms with van der Waals surface area (Å²) >= 11 is 0. The van der Waals surface area contributed by atoms with E-state index in [1.807, 2.05) is 0 Å². The standard InChI is InChI=1S/C17H38NOP/c1-6-8-10-12-14-17(19,15-13-11-9-7-2)16(20)18(3,4)5/h16,19-20H,6-15H2,1-5H3. The van der Waals surface area contributed by atoms with Crippen molar-refractivity contribution in [3.05, 3.63) is 0 Å². The van der Waals surface area contributed by atoms with Crippen LogP contribution in [0.3, 0.4) is 0 Å². The molecule has 0 aromatic carbocycles. The number of aliphatic hydroxyl groups is 1. The normalized spacial score (nSPS) is 14.6. The van der Waals surface area contributed by atoms with E-state index in [2.05, 4.69) is 44.2 Å². The number of hydrogen-bond donors (Lipinski definition) is 1. The van der Waals surface area contributed by atoms with Crippen LogP contribution >= 0.6 is 9.24 Å². The van der Waals surface area contributed by atoms with Gasteiger partial charge in [0.1, 0.15) is 0 Å². The molecular weight excluding hydrogens is 265 g/mol. The van der Waals surface area contributed by atoms with E-state index in [1.165, 1.54) is 38.5 Å². The summed E-state index contributed by atoms with van der Waals surface area (Å²) < 4.78 is 0.759. The topological polar surface area (TPSA) is 20.2 Å². The van der Waals surface area contributed by atoms with Gasteiger partial charge in [-0.25, -0.2) is 0 Å². The average molecular weight is 303 g/mol. The lowest BCUT2D eigenvalue weighted by atomic mass is 9.88. The van der Waals surface area contributed by atoms with Crippen LogP contribution < -0.4 is 0 Å². The van der Waals surface area contributed by atoms with E-state index in [-0.39, 0.29) is 5.78 Å². The third kappa shape index (κ3) is 7.96. The molecule has 122 valence electrons. The van der Waals surface area contributed by atoms with Crippen molar-refractivity contribution in [1.29, 1.82) is 0 Å². The number of quaternary nitrogens is 1. The number of likely N-dealkylation sites (N-methyl/N-ethyl adjacent to an activating group) is 1. The second-order valence-corrected chi connectivity index (χ2v) is 7.79. The fourth-order valence-electron chi connectivity index (χ4n) is 2.84. The van der Waals surface area contributed by atoms with Crippen LogP contribution in [0.2, 0.25) is 0 Å². The summed E-state index contributed by atoms with van der Waals surface area (Å²) in [5.41, 5.74) is -0.573. The van der Waals surface area contributed by atoms with E-state index in [0.29, 0.717) is 0 Å². The maximum absolute atomic E-state index is 11.1. The summed E-state index contributed by atoms with van der Waals surface area (Å²) in [6.45, 7) is 4.46. The number of hydrogen-bond acceptors (Lipinski definition) is 1. The molecule has 0 rings (SSSR count). The van der Waals surface area contributed by atoms with Crippen molar-refractivity contribution in [3.63, 3.8) is 0 Å². The highest BCUT2D eigenvalue weighted by atomic mass is 31.0. The van der Waals surface area contributed by atoms with Crippen LogP contribution in [0.25, 0.3) is 0 Å². The molecule has 2 nitrogen and oxygen atoms in total. The van der Waals surface area contributed by atoms with Crippen LogP contribution in [0.15, 0.2) is 0 Å². The Bertz CT molecular complexity index is 226. The maximum Gasteiger partial charge on any atom is 0.0878 e. The molecule has 0 amide bonds. The Morgan fingerprint density at radius 2 is 1.25 bits per heavy atom. The van der Waals surface area contributed by atoms with Crippen molar-refractivity contribution in [2.75, 3.05) is 21.1 Å². The minimum absolute atomic E-state index is 0.103. The smallest absolute Gasteiger partial charge is 0.0878 e. The summed E-state index contributed by atoms with van der Waals surface area (Å²) in [5.74, 6) is 0.103. The lowest BCUT2D eigenvalue weighted by Gasteiger charge is -2.49. The molecular formula is C17H38NOP. The zero-order chi connectivity index (χ0) is 15.6. The molecule has 1 atom stereocenters. The Morgan fingerprint density at radius 3 is 1.55 bits per heavy atom. The van der Waals surface area contributed by atoms with Crippen LogP contribution in [-0.4, -0.2) is 42.1 Å². The molecule has 0 saturated heterocycles. The van der Waals surface area contributed by atoms with E-state index in [1.54, 1.807) is 0 Å². The van der Waals surface area contributed by atoms with Crippen molar-refractivity contribution >= 4 is 9.24 Å². The molecule has 0 aromatic rings. The fourth-order valence-corrected chi connectivity index (χ4v) is 3.12. The molecule has 1 unspecified atom stereocenters. The number of unbranched alkanes of at least 4 members (excludes halogenated alkanes) is 6. The lowest BCUT2D eigenvalue weighted by Crippen LogP contribution is -2.55. The summed E-state index contributed by atoms with van der Waals surface area (Å²) in [6, 6.07) is 0. The third-order valence-corrected chi connectivity index (χ3v) is 5.52. The largest absolute Gasteiger partial charge is 0.489 e. The van der Waals surface area contributed by atoms with Crippen molar-refractivity contribution in [2.45, 2.75) is 89.4 Å². The quantitative estimate of drug-likeness (QED) is 0.311. The summed E-state index contributed by atoms with van der Waals surface area (Å²) in [5, 5.41) is 11.1. The molecule has 0 radical (unpaired) electrons. The Morgan fingerprint density at radius 1 is 0.850 bits per heavy atom. The molecule has 0 aliphatic rings. The van der Waals surface area contributed by atoms with Gasteiger partial charge < -0.3 is 18.8 Å². The van der Waals surface area contributed by atoms with Crippen LogP contribution in [0.5, 0.6) is 0 Å². The monoisotopic (exact) mass is 303 g/mol. The van der Waals surface area contributed by atoms with Gasteiger partial charge in [-0.15, -0.1) is 0 Å². The second kappa shape index (κ2) is 10.1. The average Bonchev–Trinajstić information content (AvgIpc) is 2.38. The maximum atomic E-state index is 11.1. The Balaban J connectivity index is 4.49. The highest BCUT2D eigenvalue weighted by molar-refractivity contribution is 7.17. The van der Waals surface area contributed by atoms with Crippen LogP contribution in [0.4, 0.5) is 0 Å². The molecule has 0 aliphatic carbocycles. The van der Waals surface area contributed by atoms with E-state index < -0.39 is 5.60 Å². The molecule has 3 heteroatoms. The Hall–Kier alpha value is 0.350. The summed E-state index contributed by atoms with van der Waals surface area (Å²) in [7, 11) is 10.3. The van der Waals surface area contributed by atoms with Gasteiger partial charge in [0.15, 0.2) is 0 Å². The van der Waals surface area contributed by atoms with Crippen LogP contribution in [-0.2, 0) is 0 Å². The van der Waals surface area contributed by atoms with Crippen LogP contribution in [0, 0.1) is 0 Å². The van der Waals surface area contributed by atoms with E-state index in [0.717, 1.165) is 30.2 Å². The van der Waals surface area contributed by atoms with Crippen molar-refractivity contribution < 1.29 is 9.59 Å². The van der Waals surface area contributed by atoms with Gasteiger partial charge >= 0.3 is 0 Å². The Kier molecular flexibility index (Phi) is 10.3. The first-order chi connectivity index (χ1) is 9.28. The highest BCUT2D eigenvalue weighted by Gasteiger charge is 2.35. The van der Waals surface area contributed by atoms with Gasteiger partial charge in [-0.1, -0.05) is 65.2 Å². The Labute approximate surface area is 130 Å². The fraction of sp³-hybridized carbons (Fsp3) is 1.00. The SMILES string of the molecule is CCCCCCC(O)(CCCCCC)C([PH-])[N+](C)(C)C. The van der Waals surface area contributed by atoms with Crippen molar-refractivity contribution in [2.24, 2.45) is 0 Å². The first-order valence-electron chi connectivity index (χ1n) is 8.52. The van der Waals surface area contributed by atoms with Gasteiger partial charge in [0.05, 0.1) is 26.7 Å². The van der Waals surface area contributed by atoms with E-state index in [4.69, 9.17) is 0 Å². The van der Waals surface area contributed by atoms with Crippen molar-refractivity contribution in [1.82, 2.24) is 0 Å². The molecule has 0 spiro atoms. The van der Waals surface area contributed by atoms with Crippen LogP contribution in [0.1, 0.15) is 78.1 Å². The molecule has 0 bridgehead atoms. The molecule has 0 heterocycles. The molecule has 0 saturated carbocycles. The zero-order valence-corrected chi connectivity index (χ0v) is 15.5. The van der Waals surface area contributed by atoms with Gasteiger partial charge in [0, 0.05) is 0 Å². The highest BCUT2D eigenvalue weighted by Crippen LogP contribution is 2.34. The number of nitrogens with zero attached hydrogens (tertiary/aromatic N) is 1. The van der Waals surface area contributed by atoms with E-state index in [9.17, 15) is 5.11 Å². The van der Waals surface area contributed by atoms with E-state index >= 15 is 0 Å². The third-order valence-electron chi connectivity index (χ3n) is 4.21. The van der Waals surface area contributed by atoms with Gasteiger partial charge in [0.2, 0.25) is 0 Å². The van der Waals surface area contributed by atoms with Gasteiger partial charge in [-0.3, -0.25) is 0 Å². The number of rotatable bonds is 12. The summed E-state index contributed by atoms with van der Waals surface area (Å²) in [4.78, 5) is 0. The summed E-state index contributed by atoms with van der Waals surface area (Å²) in [6.07, 6.45) is 11.7. The zero-order valence-electron chi connectivity index (χ0n) is 14.5. The predicted octanol–water partition coefficient (Wildman–Crippen LogP) is 4.83. The first kappa shape index (κ1) is 20.3. The van der Waals surface area contributed by atoms with Gasteiger partial charge in [-0.2, -0.15) is 0 Å². The molecule has 0 aliphatic heterocycles. The molecule has 20 heavy (non-hydrogen) atoms. The molecule has 0 fully saturated rings. The molecule has 1 N–H and O–H groups in total.